The van der Waals surface area contributed by atoms with Gasteiger partial charge in [-0.05, 0) is 156 Å². The maximum absolute atomic E-state index is 15.6. The second-order valence-electron chi connectivity index (χ2n) is 30.0. The smallest absolute Gasteiger partial charge is 0.246 e. The van der Waals surface area contributed by atoms with E-state index in [2.05, 4.69) is 63.9 Å². The fourth-order valence-electron chi connectivity index (χ4n) is 13.0. The Labute approximate surface area is 630 Å². The van der Waals surface area contributed by atoms with Crippen LogP contribution in [0.2, 0.25) is 0 Å². The number of aliphatic hydroxyl groups excluding tert-OH is 1. The summed E-state index contributed by atoms with van der Waals surface area (Å²) in [6.45, 7) is 18.0. The van der Waals surface area contributed by atoms with E-state index in [-0.39, 0.29) is 75.5 Å². The molecule has 2 aliphatic rings. The molecule has 10 amide bonds. The van der Waals surface area contributed by atoms with Crippen LogP contribution in [0, 0.1) is 29.6 Å². The Kier molecular flexibility index (Phi) is 37.4. The summed E-state index contributed by atoms with van der Waals surface area (Å²) in [6, 6.07) is 6.45. The van der Waals surface area contributed by atoms with Gasteiger partial charge < -0.3 is 74.7 Å². The molecule has 1 fully saturated rings. The van der Waals surface area contributed by atoms with Crippen LogP contribution >= 0.6 is 0 Å². The third kappa shape index (κ3) is 29.2. The number of amides is 10. The lowest BCUT2D eigenvalue weighted by Gasteiger charge is -2.35. The lowest BCUT2D eigenvalue weighted by Crippen LogP contribution is -2.62. The number of aliphatic hydroxyl groups is 1. The molecule has 2 heterocycles. The summed E-state index contributed by atoms with van der Waals surface area (Å²) in [5.74, 6) is -11.7. The van der Waals surface area contributed by atoms with E-state index in [4.69, 9.17) is 5.73 Å². The fourth-order valence-corrected chi connectivity index (χ4v) is 13.0. The minimum Gasteiger partial charge on any atom is -0.391 e. The Bertz CT molecular complexity index is 3560. The molecular weight excluding hydrogens is 1370 g/mol. The molecule has 1 saturated carbocycles. The number of benzene rings is 2. The molecule has 2 unspecified atom stereocenters. The van der Waals surface area contributed by atoms with Gasteiger partial charge in [0.2, 0.25) is 70.6 Å². The minimum absolute atomic E-state index is 0.0359. The number of hydrogen-bond donors (Lipinski definition) is 14. The molecule has 0 saturated heterocycles. The Morgan fingerprint density at radius 1 is 0.598 bits per heavy atom. The average molecular weight is 1490 g/mol. The number of H-pyrrole nitrogens is 1. The molecular formula is C79H121N13O15. The summed E-state index contributed by atoms with van der Waals surface area (Å²) in [4.78, 5) is 197. The molecule has 2 aromatic carbocycles. The first-order valence-corrected chi connectivity index (χ1v) is 37.9. The van der Waals surface area contributed by atoms with E-state index in [1.807, 2.05) is 50.3 Å². The van der Waals surface area contributed by atoms with Crippen LogP contribution < -0.4 is 64.6 Å². The molecule has 0 radical (unpaired) electrons. The van der Waals surface area contributed by atoms with Crippen molar-refractivity contribution in [3.8, 4) is 0 Å². The Hall–Kier alpha value is -9.02. The fraction of sp³-hybridized carbons (Fsp3) is 0.620. The van der Waals surface area contributed by atoms with Gasteiger partial charge in [0.1, 0.15) is 47.6 Å². The third-order valence-electron chi connectivity index (χ3n) is 20.1. The van der Waals surface area contributed by atoms with Crippen LogP contribution in [-0.4, -0.2) is 171 Å². The number of allylic oxidation sites excluding steroid dienone is 2. The lowest BCUT2D eigenvalue weighted by atomic mass is 9.76. The zero-order valence-corrected chi connectivity index (χ0v) is 65.0. The minimum atomic E-state index is -1.61. The van der Waals surface area contributed by atoms with Crippen LogP contribution in [-0.2, 0) is 80.0 Å². The van der Waals surface area contributed by atoms with E-state index in [0.717, 1.165) is 48.6 Å². The first kappa shape index (κ1) is 90.4. The molecule has 0 bridgehead atoms. The number of nitrogens with two attached hydrogens (primary N) is 2. The number of aromatic nitrogens is 1. The van der Waals surface area contributed by atoms with Gasteiger partial charge in [0.05, 0.1) is 23.7 Å². The van der Waals surface area contributed by atoms with Gasteiger partial charge in [-0.2, -0.15) is 0 Å². The highest BCUT2D eigenvalue weighted by molar-refractivity contribution is 6.41. The standard InChI is InChI=1S/C78H116N12O15.CH5N/c1-45(2)38-61(86-53(10)92)73(102)88-65(52(9)91)75(104)87-62(40-55-28-21-20-22-29-55)74(103)90-77(11)36-25-18-16-14-13-15-17-19-26-37-78(12,89-72(101)56(39-54-30-27-31-54)34-35-63(93)57(42-64(77)94)41-58-44-81-60-33-24-23-32-59(58)60)76(105)85-51(8)71(100)84-50(7)70(99)83-49(6)69(98)82-48(5)67(96)66(95)47(4)80-43-46(3)68(79)97;1-2/h15,17,20-24,28-29,32-33,44-52,54,56-57,61-62,65,80-81,91H,13-14,16,18-19,25-27,30-31,34-43H2,1-12H3,(H2,79,97)(H,82,98)(H,83,99)(H,84,100)(H,85,105)(H,86,92)(H,87,104)(H,88,102)(H,89,101)(H,90,103);2H2,1H3/b17-15+;/t46-,47-,48-,49?,50-,51?,52+,56-,57+,61-,62-,65-,77+,78-;/m0./s1. The summed E-state index contributed by atoms with van der Waals surface area (Å²) < 4.78 is 0. The zero-order chi connectivity index (χ0) is 79.9. The molecule has 0 spiro atoms. The number of fused-ring (bicyclic) bond motifs is 1. The van der Waals surface area contributed by atoms with Crippen molar-refractivity contribution in [3.63, 3.8) is 0 Å². The maximum Gasteiger partial charge on any atom is 0.246 e. The van der Waals surface area contributed by atoms with Gasteiger partial charge in [0.25, 0.3) is 0 Å². The summed E-state index contributed by atoms with van der Waals surface area (Å²) >= 11 is 0. The first-order chi connectivity index (χ1) is 50.5. The van der Waals surface area contributed by atoms with Crippen LogP contribution in [0.1, 0.15) is 203 Å². The van der Waals surface area contributed by atoms with E-state index in [9.17, 15) is 53.1 Å². The van der Waals surface area contributed by atoms with Crippen LogP contribution in [0.25, 0.3) is 10.9 Å². The molecule has 1 aliphatic heterocycles. The highest BCUT2D eigenvalue weighted by atomic mass is 16.3. The summed E-state index contributed by atoms with van der Waals surface area (Å²) in [5, 5.41) is 38.9. The van der Waals surface area contributed by atoms with Crippen molar-refractivity contribution in [1.29, 1.82) is 0 Å². The number of para-hydroxylation sites is 1. The van der Waals surface area contributed by atoms with Crippen molar-refractivity contribution in [3.05, 3.63) is 84.1 Å². The molecule has 16 N–H and O–H groups in total. The van der Waals surface area contributed by atoms with Gasteiger partial charge in [-0.25, -0.2) is 0 Å². The zero-order valence-electron chi connectivity index (χ0n) is 65.0. The molecule has 5 rings (SSSR count). The highest BCUT2D eigenvalue weighted by Crippen LogP contribution is 2.35. The van der Waals surface area contributed by atoms with Gasteiger partial charge in [-0.15, -0.1) is 0 Å². The normalized spacial score (nSPS) is 21.9. The number of nitrogens with one attached hydrogen (secondary N) is 11. The van der Waals surface area contributed by atoms with Crippen molar-refractivity contribution in [2.24, 2.45) is 41.1 Å². The molecule has 1 aliphatic carbocycles. The topological polar surface area (TPSA) is 447 Å². The Balaban J connectivity index is 0.0000120. The van der Waals surface area contributed by atoms with Crippen LogP contribution in [0.15, 0.2) is 72.9 Å². The predicted molar refractivity (Wildman–Crippen MR) is 408 cm³/mol. The second-order valence-corrected chi connectivity index (χ2v) is 30.0. The third-order valence-corrected chi connectivity index (χ3v) is 20.1. The van der Waals surface area contributed by atoms with Gasteiger partial charge in [-0.1, -0.05) is 120 Å². The largest absolute Gasteiger partial charge is 0.391 e. The first-order valence-electron chi connectivity index (χ1n) is 37.9. The number of hydrogen-bond acceptors (Lipinski definition) is 17. The highest BCUT2D eigenvalue weighted by Gasteiger charge is 2.43. The SMILES string of the molecule is CC(=O)N[C@@H](CC(C)C)C(=O)N[C@H](C(=O)N[C@@H](Cc1ccccc1)C(=O)N[C@]1(C)CCCCCC/C=C/CCC[C@@](C)(C(=O)NC(C)C(=O)N[C@@H](C)C(=O)NC(C)C(=O)N[C@@H](C)C(=O)C(=O)[C@H](C)NC[C@H](C)C(N)=O)NC(=O)[C@H](CC2CCC2)CCC(=O)[C@H](Cc2c[nH]c3ccccc23)CC1=O)[C@@H](C)O.CN. The van der Waals surface area contributed by atoms with E-state index in [0.29, 0.717) is 44.1 Å². The van der Waals surface area contributed by atoms with E-state index >= 15 is 19.2 Å². The summed E-state index contributed by atoms with van der Waals surface area (Å²) in [5.41, 5.74) is 8.80. The molecule has 107 heavy (non-hydrogen) atoms. The van der Waals surface area contributed by atoms with Crippen molar-refractivity contribution in [2.75, 3.05) is 13.6 Å². The molecule has 28 nitrogen and oxygen atoms in total. The number of carbonyl (C=O) groups excluding carboxylic acids is 14. The predicted octanol–water partition coefficient (Wildman–Crippen LogP) is 4.25. The van der Waals surface area contributed by atoms with Crippen LogP contribution in [0.4, 0.5) is 0 Å². The molecule has 28 heteroatoms. The number of primary amides is 1. The number of Topliss-reactive ketones (excluding diaryl/α,β-unsaturated/α-hetero) is 4. The van der Waals surface area contributed by atoms with Crippen LogP contribution in [0.3, 0.4) is 0 Å². The Morgan fingerprint density at radius 3 is 1.77 bits per heavy atom. The number of rotatable bonds is 31. The lowest BCUT2D eigenvalue weighted by molar-refractivity contribution is -0.140. The van der Waals surface area contributed by atoms with Crippen molar-refractivity contribution >= 4 is 93.1 Å². The molecule has 14 atom stereocenters. The Morgan fingerprint density at radius 2 is 1.18 bits per heavy atom. The van der Waals surface area contributed by atoms with E-state index in [1.54, 1.807) is 57.3 Å². The van der Waals surface area contributed by atoms with Crippen molar-refractivity contribution in [2.45, 2.75) is 271 Å². The maximum atomic E-state index is 15.6. The average Bonchev–Trinajstić information content (AvgIpc) is 1.78. The van der Waals surface area contributed by atoms with E-state index < -0.39 is 160 Å². The summed E-state index contributed by atoms with van der Waals surface area (Å²) in [7, 11) is 1.50. The van der Waals surface area contributed by atoms with Gasteiger partial charge in [0, 0.05) is 67.6 Å². The van der Waals surface area contributed by atoms with Gasteiger partial charge in [-0.3, -0.25) is 67.1 Å². The van der Waals surface area contributed by atoms with E-state index in [1.165, 1.54) is 55.5 Å². The number of aromatic amines is 1. The monoisotopic (exact) mass is 1490 g/mol. The van der Waals surface area contributed by atoms with Gasteiger partial charge in [0.15, 0.2) is 5.78 Å². The number of carbonyl (C=O) groups is 14. The molecule has 3 aromatic rings. The quantitative estimate of drug-likeness (QED) is 0.0316. The van der Waals surface area contributed by atoms with Crippen molar-refractivity contribution in [1.82, 2.24) is 58.2 Å². The number of ketones is 4. The van der Waals surface area contributed by atoms with Gasteiger partial charge >= 0.3 is 0 Å². The molecule has 592 valence electrons. The second kappa shape index (κ2) is 44.3. The molecule has 1 aromatic heterocycles. The summed E-state index contributed by atoms with van der Waals surface area (Å²) in [6.07, 6.45) is 11.9. The van der Waals surface area contributed by atoms with Crippen LogP contribution in [0.5, 0.6) is 0 Å². The van der Waals surface area contributed by atoms with Crippen molar-refractivity contribution < 1.29 is 72.2 Å².